The SMILES string of the molecule is CCCCCNCOCCCCO. The molecule has 0 aliphatic carbocycles. The van der Waals surface area contributed by atoms with E-state index in [-0.39, 0.29) is 6.61 Å². The van der Waals surface area contributed by atoms with Gasteiger partial charge in [0.05, 0.1) is 6.73 Å². The fourth-order valence-corrected chi connectivity index (χ4v) is 1.03. The molecule has 0 bridgehead atoms. The van der Waals surface area contributed by atoms with E-state index in [1.165, 1.54) is 19.3 Å². The topological polar surface area (TPSA) is 41.5 Å². The molecule has 0 fully saturated rings. The van der Waals surface area contributed by atoms with Crippen LogP contribution < -0.4 is 5.32 Å². The van der Waals surface area contributed by atoms with Crippen LogP contribution in [0.4, 0.5) is 0 Å². The molecule has 0 radical (unpaired) electrons. The molecule has 0 atom stereocenters. The van der Waals surface area contributed by atoms with Gasteiger partial charge in [-0.3, -0.25) is 5.32 Å². The Morgan fingerprint density at radius 3 is 2.69 bits per heavy atom. The molecule has 0 aliphatic heterocycles. The third-order valence-electron chi connectivity index (χ3n) is 1.86. The van der Waals surface area contributed by atoms with Gasteiger partial charge in [-0.15, -0.1) is 0 Å². The van der Waals surface area contributed by atoms with Crippen molar-refractivity contribution in [2.75, 3.05) is 26.5 Å². The Labute approximate surface area is 81.5 Å². The van der Waals surface area contributed by atoms with Crippen molar-refractivity contribution in [2.45, 2.75) is 39.0 Å². The Kier molecular flexibility index (Phi) is 11.8. The summed E-state index contributed by atoms with van der Waals surface area (Å²) in [6.45, 7) is 4.92. The van der Waals surface area contributed by atoms with E-state index in [1.54, 1.807) is 0 Å². The molecular weight excluding hydrogens is 166 g/mol. The fourth-order valence-electron chi connectivity index (χ4n) is 1.03. The van der Waals surface area contributed by atoms with E-state index in [4.69, 9.17) is 9.84 Å². The molecule has 0 aromatic heterocycles. The van der Waals surface area contributed by atoms with E-state index in [0.29, 0.717) is 6.73 Å². The first-order chi connectivity index (χ1) is 6.41. The number of hydrogen-bond donors (Lipinski definition) is 2. The molecule has 0 spiro atoms. The van der Waals surface area contributed by atoms with Gasteiger partial charge in [0.2, 0.25) is 0 Å². The minimum absolute atomic E-state index is 0.271. The number of nitrogens with one attached hydrogen (secondary N) is 1. The van der Waals surface area contributed by atoms with E-state index in [9.17, 15) is 0 Å². The summed E-state index contributed by atoms with van der Waals surface area (Å²) in [7, 11) is 0. The largest absolute Gasteiger partial charge is 0.396 e. The van der Waals surface area contributed by atoms with Gasteiger partial charge in [0.25, 0.3) is 0 Å². The minimum Gasteiger partial charge on any atom is -0.396 e. The summed E-state index contributed by atoms with van der Waals surface area (Å²) in [5, 5.41) is 11.7. The average molecular weight is 189 g/mol. The molecule has 0 saturated heterocycles. The Bertz CT molecular complexity index is 79.0. The molecule has 0 unspecified atom stereocenters. The van der Waals surface area contributed by atoms with Crippen LogP contribution in [0.1, 0.15) is 39.0 Å². The molecule has 13 heavy (non-hydrogen) atoms. The number of rotatable bonds is 10. The van der Waals surface area contributed by atoms with Gasteiger partial charge in [-0.05, 0) is 25.8 Å². The van der Waals surface area contributed by atoms with E-state index >= 15 is 0 Å². The second kappa shape index (κ2) is 11.9. The highest BCUT2D eigenvalue weighted by atomic mass is 16.5. The van der Waals surface area contributed by atoms with Gasteiger partial charge in [0.15, 0.2) is 0 Å². The van der Waals surface area contributed by atoms with E-state index in [0.717, 1.165) is 26.0 Å². The number of ether oxygens (including phenoxy) is 1. The highest BCUT2D eigenvalue weighted by Crippen LogP contribution is 1.91. The zero-order valence-electron chi connectivity index (χ0n) is 8.72. The van der Waals surface area contributed by atoms with Crippen LogP contribution in [0.2, 0.25) is 0 Å². The van der Waals surface area contributed by atoms with Crippen LogP contribution in [0.25, 0.3) is 0 Å². The average Bonchev–Trinajstić information content (AvgIpc) is 2.16. The van der Waals surface area contributed by atoms with Crippen molar-refractivity contribution in [2.24, 2.45) is 0 Å². The molecule has 0 rings (SSSR count). The zero-order valence-corrected chi connectivity index (χ0v) is 8.72. The second-order valence-corrected chi connectivity index (χ2v) is 3.19. The molecule has 3 heteroatoms. The quantitative estimate of drug-likeness (QED) is 0.404. The summed E-state index contributed by atoms with van der Waals surface area (Å²) >= 11 is 0. The molecule has 0 aliphatic rings. The van der Waals surface area contributed by atoms with Crippen molar-refractivity contribution in [3.8, 4) is 0 Å². The maximum atomic E-state index is 8.49. The van der Waals surface area contributed by atoms with Crippen LogP contribution in [0.15, 0.2) is 0 Å². The lowest BCUT2D eigenvalue weighted by Crippen LogP contribution is -2.19. The van der Waals surface area contributed by atoms with Crippen LogP contribution in [0.5, 0.6) is 0 Å². The van der Waals surface area contributed by atoms with Crippen LogP contribution in [0, 0.1) is 0 Å². The summed E-state index contributed by atoms with van der Waals surface area (Å²) < 4.78 is 5.29. The third kappa shape index (κ3) is 11.9. The number of hydrogen-bond acceptors (Lipinski definition) is 3. The second-order valence-electron chi connectivity index (χ2n) is 3.19. The van der Waals surface area contributed by atoms with Gasteiger partial charge in [-0.1, -0.05) is 19.8 Å². The summed E-state index contributed by atoms with van der Waals surface area (Å²) in [6, 6.07) is 0. The molecule has 2 N–H and O–H groups in total. The van der Waals surface area contributed by atoms with E-state index in [2.05, 4.69) is 12.2 Å². The van der Waals surface area contributed by atoms with Crippen molar-refractivity contribution >= 4 is 0 Å². The predicted molar refractivity (Wildman–Crippen MR) is 54.7 cm³/mol. The highest BCUT2D eigenvalue weighted by Gasteiger charge is 1.88. The fraction of sp³-hybridized carbons (Fsp3) is 1.00. The lowest BCUT2D eigenvalue weighted by molar-refractivity contribution is 0.109. The molecule has 80 valence electrons. The highest BCUT2D eigenvalue weighted by molar-refractivity contribution is 4.42. The Morgan fingerprint density at radius 1 is 1.15 bits per heavy atom. The standard InChI is InChI=1S/C10H23NO2/c1-2-3-4-7-11-10-13-9-6-5-8-12/h11-12H,2-10H2,1H3. The van der Waals surface area contributed by atoms with Gasteiger partial charge in [0.1, 0.15) is 0 Å². The molecule has 0 aromatic carbocycles. The molecule has 0 aromatic rings. The Hall–Kier alpha value is -0.120. The van der Waals surface area contributed by atoms with Crippen LogP contribution >= 0.6 is 0 Å². The van der Waals surface area contributed by atoms with Gasteiger partial charge in [-0.25, -0.2) is 0 Å². The number of unbranched alkanes of at least 4 members (excludes halogenated alkanes) is 3. The molecular formula is C10H23NO2. The maximum absolute atomic E-state index is 8.49. The van der Waals surface area contributed by atoms with Crippen molar-refractivity contribution in [1.29, 1.82) is 0 Å². The van der Waals surface area contributed by atoms with E-state index < -0.39 is 0 Å². The zero-order chi connectivity index (χ0) is 9.78. The predicted octanol–water partition coefficient (Wildman–Crippen LogP) is 1.51. The van der Waals surface area contributed by atoms with Crippen molar-refractivity contribution < 1.29 is 9.84 Å². The number of aliphatic hydroxyl groups excluding tert-OH is 1. The monoisotopic (exact) mass is 189 g/mol. The van der Waals surface area contributed by atoms with Gasteiger partial charge < -0.3 is 9.84 Å². The number of aliphatic hydroxyl groups is 1. The minimum atomic E-state index is 0.271. The van der Waals surface area contributed by atoms with Gasteiger partial charge in [-0.2, -0.15) is 0 Å². The first kappa shape index (κ1) is 12.9. The Balaban J connectivity index is 2.76. The van der Waals surface area contributed by atoms with E-state index in [1.807, 2.05) is 0 Å². The smallest absolute Gasteiger partial charge is 0.0965 e. The molecule has 3 nitrogen and oxygen atoms in total. The van der Waals surface area contributed by atoms with Crippen molar-refractivity contribution in [3.63, 3.8) is 0 Å². The van der Waals surface area contributed by atoms with Crippen LogP contribution in [-0.4, -0.2) is 31.6 Å². The van der Waals surface area contributed by atoms with Crippen LogP contribution in [-0.2, 0) is 4.74 Å². The normalized spacial score (nSPS) is 10.6. The Morgan fingerprint density at radius 2 is 2.00 bits per heavy atom. The summed E-state index contributed by atoms with van der Waals surface area (Å²) in [5.74, 6) is 0. The lowest BCUT2D eigenvalue weighted by Gasteiger charge is -2.05. The first-order valence-corrected chi connectivity index (χ1v) is 5.31. The summed E-state index contributed by atoms with van der Waals surface area (Å²) in [6.07, 6.45) is 5.58. The van der Waals surface area contributed by atoms with Crippen LogP contribution in [0.3, 0.4) is 0 Å². The van der Waals surface area contributed by atoms with Crippen molar-refractivity contribution in [3.05, 3.63) is 0 Å². The first-order valence-electron chi connectivity index (χ1n) is 5.31. The summed E-state index contributed by atoms with van der Waals surface area (Å²) in [4.78, 5) is 0. The van der Waals surface area contributed by atoms with Crippen molar-refractivity contribution in [1.82, 2.24) is 5.32 Å². The van der Waals surface area contributed by atoms with Gasteiger partial charge in [0, 0.05) is 13.2 Å². The molecule has 0 heterocycles. The lowest BCUT2D eigenvalue weighted by atomic mass is 10.2. The van der Waals surface area contributed by atoms with Gasteiger partial charge >= 0.3 is 0 Å². The summed E-state index contributed by atoms with van der Waals surface area (Å²) in [5.41, 5.74) is 0. The molecule has 0 amide bonds. The third-order valence-corrected chi connectivity index (χ3v) is 1.86. The molecule has 0 saturated carbocycles. The maximum Gasteiger partial charge on any atom is 0.0965 e.